The van der Waals surface area contributed by atoms with Crippen molar-refractivity contribution in [3.8, 4) is 11.8 Å². The number of rotatable bonds is 6. The number of hydrogen-bond acceptors (Lipinski definition) is 4. The quantitative estimate of drug-likeness (QED) is 0.583. The van der Waals surface area contributed by atoms with E-state index in [0.717, 1.165) is 37.5 Å². The Kier molecular flexibility index (Phi) is 7.05. The van der Waals surface area contributed by atoms with E-state index in [-0.39, 0.29) is 5.92 Å². The Hall–Kier alpha value is -2.75. The molecule has 0 saturated heterocycles. The number of ether oxygens (including phenoxy) is 1. The summed E-state index contributed by atoms with van der Waals surface area (Å²) in [6.45, 7) is 0.997. The van der Waals surface area contributed by atoms with Gasteiger partial charge in [0.25, 0.3) is 0 Å². The Morgan fingerprint density at radius 2 is 2.11 bits per heavy atom. The van der Waals surface area contributed by atoms with Crippen molar-refractivity contribution in [2.75, 3.05) is 12.4 Å². The number of nitriles is 1. The molecule has 1 aromatic rings. The molecule has 0 aromatic carbocycles. The molecule has 1 amide bonds. The van der Waals surface area contributed by atoms with Gasteiger partial charge in [-0.25, -0.2) is 13.8 Å². The SMILES string of the molecule is COc1cnc(NC(=O)/C=C/C#N)cc1/C=C/C1CCC(C(C)(F)F)CC1. The number of halogens is 2. The molecule has 1 fully saturated rings. The van der Waals surface area contributed by atoms with Crippen LogP contribution in [0.3, 0.4) is 0 Å². The van der Waals surface area contributed by atoms with Crippen LogP contribution in [0, 0.1) is 23.2 Å². The highest BCUT2D eigenvalue weighted by atomic mass is 19.3. The smallest absolute Gasteiger partial charge is 0.250 e. The maximum Gasteiger partial charge on any atom is 0.250 e. The molecular weight excluding hydrogens is 352 g/mol. The summed E-state index contributed by atoms with van der Waals surface area (Å²) in [6, 6.07) is 3.41. The highest BCUT2D eigenvalue weighted by Crippen LogP contribution is 2.39. The van der Waals surface area contributed by atoms with E-state index < -0.39 is 17.7 Å². The van der Waals surface area contributed by atoms with Crippen molar-refractivity contribution in [1.29, 1.82) is 5.26 Å². The number of hydrogen-bond donors (Lipinski definition) is 1. The Balaban J connectivity index is 2.05. The van der Waals surface area contributed by atoms with Crippen LogP contribution in [0.5, 0.6) is 5.75 Å². The first kappa shape index (κ1) is 20.6. The molecule has 5 nitrogen and oxygen atoms in total. The monoisotopic (exact) mass is 375 g/mol. The van der Waals surface area contributed by atoms with Gasteiger partial charge in [-0.3, -0.25) is 4.79 Å². The van der Waals surface area contributed by atoms with Crippen LogP contribution in [0.2, 0.25) is 0 Å². The molecule has 0 spiro atoms. The van der Waals surface area contributed by atoms with Crippen molar-refractivity contribution >= 4 is 17.8 Å². The number of methoxy groups -OCH3 is 1. The highest BCUT2D eigenvalue weighted by molar-refractivity contribution is 5.99. The van der Waals surface area contributed by atoms with Gasteiger partial charge < -0.3 is 10.1 Å². The predicted molar refractivity (Wildman–Crippen MR) is 99.3 cm³/mol. The third-order valence-electron chi connectivity index (χ3n) is 4.71. The van der Waals surface area contributed by atoms with Crippen LogP contribution in [0.4, 0.5) is 14.6 Å². The molecule has 1 saturated carbocycles. The van der Waals surface area contributed by atoms with E-state index in [1.807, 2.05) is 12.2 Å². The molecule has 0 aliphatic heterocycles. The van der Waals surface area contributed by atoms with Crippen molar-refractivity contribution in [3.05, 3.63) is 36.1 Å². The van der Waals surface area contributed by atoms with E-state index in [1.54, 1.807) is 12.1 Å². The summed E-state index contributed by atoms with van der Waals surface area (Å²) in [5, 5.41) is 11.0. The van der Waals surface area contributed by atoms with Crippen molar-refractivity contribution in [1.82, 2.24) is 4.98 Å². The molecule has 27 heavy (non-hydrogen) atoms. The molecule has 0 radical (unpaired) electrons. The minimum Gasteiger partial charge on any atom is -0.495 e. The molecule has 1 N–H and O–H groups in total. The first-order chi connectivity index (χ1) is 12.8. The number of anilines is 1. The van der Waals surface area contributed by atoms with Crippen LogP contribution in [0.25, 0.3) is 6.08 Å². The van der Waals surface area contributed by atoms with Gasteiger partial charge in [0.2, 0.25) is 11.8 Å². The van der Waals surface area contributed by atoms with E-state index in [0.29, 0.717) is 24.4 Å². The second kappa shape index (κ2) is 9.26. The number of pyridine rings is 1. The average molecular weight is 375 g/mol. The predicted octanol–water partition coefficient (Wildman–Crippen LogP) is 4.58. The number of nitrogens with zero attached hydrogens (tertiary/aromatic N) is 2. The Labute approximate surface area is 157 Å². The van der Waals surface area contributed by atoms with Crippen molar-refractivity contribution in [2.45, 2.75) is 38.5 Å². The number of nitrogens with one attached hydrogen (secondary N) is 1. The van der Waals surface area contributed by atoms with Crippen LogP contribution in [-0.2, 0) is 4.79 Å². The number of amides is 1. The number of allylic oxidation sites excluding steroid dienone is 2. The van der Waals surface area contributed by atoms with Crippen LogP contribution in [-0.4, -0.2) is 23.9 Å². The molecule has 1 aromatic heterocycles. The van der Waals surface area contributed by atoms with Gasteiger partial charge in [0.15, 0.2) is 0 Å². The zero-order valence-electron chi connectivity index (χ0n) is 15.4. The van der Waals surface area contributed by atoms with Gasteiger partial charge in [-0.05, 0) is 44.6 Å². The number of aromatic nitrogens is 1. The lowest BCUT2D eigenvalue weighted by Gasteiger charge is -2.30. The summed E-state index contributed by atoms with van der Waals surface area (Å²) in [6.07, 6.45) is 10.0. The maximum atomic E-state index is 13.4. The van der Waals surface area contributed by atoms with Gasteiger partial charge in [-0.1, -0.05) is 12.2 Å². The summed E-state index contributed by atoms with van der Waals surface area (Å²) in [4.78, 5) is 15.8. The van der Waals surface area contributed by atoms with E-state index in [2.05, 4.69) is 10.3 Å². The third-order valence-corrected chi connectivity index (χ3v) is 4.71. The van der Waals surface area contributed by atoms with Crippen LogP contribution >= 0.6 is 0 Å². The first-order valence-corrected chi connectivity index (χ1v) is 8.80. The Morgan fingerprint density at radius 3 is 2.70 bits per heavy atom. The molecule has 0 atom stereocenters. The van der Waals surface area contributed by atoms with Crippen molar-refractivity contribution in [3.63, 3.8) is 0 Å². The molecule has 1 heterocycles. The second-order valence-electron chi connectivity index (χ2n) is 6.69. The Bertz CT molecular complexity index is 755. The average Bonchev–Trinajstić information content (AvgIpc) is 2.64. The summed E-state index contributed by atoms with van der Waals surface area (Å²) in [7, 11) is 1.52. The first-order valence-electron chi connectivity index (χ1n) is 8.80. The topological polar surface area (TPSA) is 75.0 Å². The summed E-state index contributed by atoms with van der Waals surface area (Å²) in [5.74, 6) is -2.50. The molecule has 2 rings (SSSR count). The van der Waals surface area contributed by atoms with Crippen LogP contribution in [0.1, 0.15) is 38.2 Å². The summed E-state index contributed by atoms with van der Waals surface area (Å²) in [5.41, 5.74) is 0.731. The van der Waals surface area contributed by atoms with Crippen LogP contribution < -0.4 is 10.1 Å². The van der Waals surface area contributed by atoms with E-state index in [1.165, 1.54) is 13.3 Å². The molecular formula is C20H23F2N3O2. The standard InChI is InChI=1S/C20H23F2N3O2/c1-20(21,22)16-9-6-14(7-10-16)5-8-15-12-18(24-13-17(15)27-2)25-19(26)4-3-11-23/h3-5,8,12-14,16H,6-7,9-10H2,1-2H3,(H,24,25,26)/b4-3+,8-5+. The molecule has 1 aliphatic rings. The van der Waals surface area contributed by atoms with E-state index >= 15 is 0 Å². The van der Waals surface area contributed by atoms with Gasteiger partial charge in [-0.15, -0.1) is 0 Å². The largest absolute Gasteiger partial charge is 0.495 e. The third kappa shape index (κ3) is 6.17. The number of alkyl halides is 2. The van der Waals surface area contributed by atoms with Gasteiger partial charge in [0.1, 0.15) is 11.6 Å². The van der Waals surface area contributed by atoms with E-state index in [9.17, 15) is 13.6 Å². The lowest BCUT2D eigenvalue weighted by atomic mass is 9.79. The minimum absolute atomic E-state index is 0.234. The molecule has 0 bridgehead atoms. The molecule has 0 unspecified atom stereocenters. The van der Waals surface area contributed by atoms with Gasteiger partial charge >= 0.3 is 0 Å². The highest BCUT2D eigenvalue weighted by Gasteiger charge is 2.36. The Morgan fingerprint density at radius 1 is 1.41 bits per heavy atom. The summed E-state index contributed by atoms with van der Waals surface area (Å²) >= 11 is 0. The van der Waals surface area contributed by atoms with Gasteiger partial charge in [0.05, 0.1) is 19.4 Å². The van der Waals surface area contributed by atoms with Gasteiger partial charge in [-0.2, -0.15) is 5.26 Å². The summed E-state index contributed by atoms with van der Waals surface area (Å²) < 4.78 is 32.1. The lowest BCUT2D eigenvalue weighted by Crippen LogP contribution is -2.28. The fourth-order valence-corrected chi connectivity index (χ4v) is 3.17. The normalized spacial score (nSPS) is 20.6. The zero-order valence-corrected chi connectivity index (χ0v) is 15.4. The number of carbonyl (C=O) groups excluding carboxylic acids is 1. The number of carbonyl (C=O) groups is 1. The minimum atomic E-state index is -2.61. The fraction of sp³-hybridized carbons (Fsp3) is 0.450. The molecule has 144 valence electrons. The van der Waals surface area contributed by atoms with Crippen LogP contribution in [0.15, 0.2) is 30.5 Å². The zero-order chi connectivity index (χ0) is 19.9. The van der Waals surface area contributed by atoms with E-state index in [4.69, 9.17) is 10.00 Å². The maximum absolute atomic E-state index is 13.4. The van der Waals surface area contributed by atoms with Crippen molar-refractivity contribution < 1.29 is 18.3 Å². The fourth-order valence-electron chi connectivity index (χ4n) is 3.17. The molecule has 1 aliphatic carbocycles. The van der Waals surface area contributed by atoms with Gasteiger partial charge in [0, 0.05) is 23.6 Å². The molecule has 7 heteroatoms. The second-order valence-corrected chi connectivity index (χ2v) is 6.69. The van der Waals surface area contributed by atoms with Crippen molar-refractivity contribution in [2.24, 2.45) is 11.8 Å². The lowest BCUT2D eigenvalue weighted by molar-refractivity contribution is -0.111.